The zero-order valence-corrected chi connectivity index (χ0v) is 18.9. The highest BCUT2D eigenvalue weighted by molar-refractivity contribution is 5.96. The van der Waals surface area contributed by atoms with Gasteiger partial charge in [0.1, 0.15) is 11.9 Å². The van der Waals surface area contributed by atoms with Gasteiger partial charge in [0.15, 0.2) is 0 Å². The van der Waals surface area contributed by atoms with Crippen LogP contribution in [0.25, 0.3) is 11.3 Å². The molecule has 1 fully saturated rings. The van der Waals surface area contributed by atoms with Crippen molar-refractivity contribution in [3.05, 3.63) is 53.1 Å². The van der Waals surface area contributed by atoms with Crippen molar-refractivity contribution in [2.45, 2.75) is 51.3 Å². The normalized spacial score (nSPS) is 20.0. The molecule has 2 aliphatic rings. The van der Waals surface area contributed by atoms with Crippen LogP contribution in [0.3, 0.4) is 0 Å². The van der Waals surface area contributed by atoms with Gasteiger partial charge in [-0.3, -0.25) is 19.4 Å². The Bertz CT molecular complexity index is 1180. The first kappa shape index (κ1) is 22.6. The van der Waals surface area contributed by atoms with Gasteiger partial charge in [-0.05, 0) is 5.92 Å². The number of ether oxygens (including phenoxy) is 2. The van der Waals surface area contributed by atoms with Crippen LogP contribution >= 0.6 is 0 Å². The van der Waals surface area contributed by atoms with E-state index in [0.29, 0.717) is 49.9 Å². The standard InChI is InChI=1S/C23H25F2N5O4/c1-13-7-17-18(20-16(13)11-30(29-20)10-15-12-32-5-6-33-15)19(23(2,24)25)21(34-17)22(31)28-9-14-8-26-3-4-27-14/h3-4,8,11,13,15H,5-7,9-10,12H2,1-2H3,(H,28,31)/t13-,15+/m1/s1. The maximum atomic E-state index is 14.9. The second-order valence-corrected chi connectivity index (χ2v) is 8.70. The SMILES string of the molecule is C[C@@H]1Cc2oc(C(=O)NCc3cnccn3)c(C(C)(F)F)c2-c2nn(C[C@H]3COCCO3)cc21. The van der Waals surface area contributed by atoms with E-state index in [9.17, 15) is 13.6 Å². The summed E-state index contributed by atoms with van der Waals surface area (Å²) in [5.74, 6) is -4.14. The molecule has 0 spiro atoms. The molecule has 0 saturated carbocycles. The number of carbonyl (C=O) groups is 1. The molecule has 180 valence electrons. The molecular weight excluding hydrogens is 448 g/mol. The Balaban J connectivity index is 1.49. The quantitative estimate of drug-likeness (QED) is 0.587. The van der Waals surface area contributed by atoms with E-state index in [-0.39, 0.29) is 24.1 Å². The lowest BCUT2D eigenvalue weighted by atomic mass is 9.85. The lowest BCUT2D eigenvalue weighted by molar-refractivity contribution is -0.0946. The minimum absolute atomic E-state index is 0.0141. The van der Waals surface area contributed by atoms with Crippen LogP contribution in [0.2, 0.25) is 0 Å². The molecule has 1 amide bonds. The van der Waals surface area contributed by atoms with Crippen LogP contribution in [0.4, 0.5) is 8.78 Å². The molecule has 3 aromatic heterocycles. The van der Waals surface area contributed by atoms with Crippen molar-refractivity contribution in [1.82, 2.24) is 25.1 Å². The van der Waals surface area contributed by atoms with Crippen LogP contribution in [0.5, 0.6) is 0 Å². The number of carbonyl (C=O) groups excluding carboxylic acids is 1. The van der Waals surface area contributed by atoms with E-state index in [0.717, 1.165) is 12.5 Å². The first-order valence-corrected chi connectivity index (χ1v) is 11.2. The van der Waals surface area contributed by atoms with Crippen molar-refractivity contribution >= 4 is 5.91 Å². The Morgan fingerprint density at radius 2 is 2.18 bits per heavy atom. The van der Waals surface area contributed by atoms with Gasteiger partial charge in [-0.1, -0.05) is 6.92 Å². The van der Waals surface area contributed by atoms with E-state index >= 15 is 0 Å². The number of furan rings is 1. The molecule has 0 unspecified atom stereocenters. The number of nitrogens with one attached hydrogen (secondary N) is 1. The van der Waals surface area contributed by atoms with Crippen LogP contribution in [0.15, 0.2) is 29.2 Å². The fraction of sp³-hybridized carbons (Fsp3) is 0.478. The average molecular weight is 473 g/mol. The maximum absolute atomic E-state index is 14.9. The Morgan fingerprint density at radius 3 is 2.88 bits per heavy atom. The highest BCUT2D eigenvalue weighted by atomic mass is 19.3. The zero-order valence-electron chi connectivity index (χ0n) is 18.9. The molecule has 5 rings (SSSR count). The van der Waals surface area contributed by atoms with E-state index in [1.165, 1.54) is 18.6 Å². The molecule has 0 aromatic carbocycles. The fourth-order valence-electron chi connectivity index (χ4n) is 4.45. The number of rotatable bonds is 6. The Morgan fingerprint density at radius 1 is 1.32 bits per heavy atom. The van der Waals surface area contributed by atoms with Crippen molar-refractivity contribution in [3.63, 3.8) is 0 Å². The van der Waals surface area contributed by atoms with Crippen LogP contribution in [-0.2, 0) is 34.9 Å². The average Bonchev–Trinajstić information content (AvgIpc) is 3.41. The second-order valence-electron chi connectivity index (χ2n) is 8.70. The van der Waals surface area contributed by atoms with E-state index in [4.69, 9.17) is 13.9 Å². The molecule has 0 bridgehead atoms. The Labute approximate surface area is 194 Å². The largest absolute Gasteiger partial charge is 0.455 e. The molecule has 0 radical (unpaired) electrons. The first-order valence-electron chi connectivity index (χ1n) is 11.2. The van der Waals surface area contributed by atoms with Crippen molar-refractivity contribution in [2.75, 3.05) is 19.8 Å². The molecule has 1 aliphatic heterocycles. The van der Waals surface area contributed by atoms with Gasteiger partial charge in [-0.15, -0.1) is 0 Å². The summed E-state index contributed by atoms with van der Waals surface area (Å²) < 4.78 is 48.4. The monoisotopic (exact) mass is 473 g/mol. The molecule has 11 heteroatoms. The van der Waals surface area contributed by atoms with Crippen LogP contribution in [-0.4, -0.2) is 51.6 Å². The second kappa shape index (κ2) is 8.88. The maximum Gasteiger partial charge on any atom is 0.287 e. The smallest absolute Gasteiger partial charge is 0.287 e. The fourth-order valence-corrected chi connectivity index (χ4v) is 4.45. The van der Waals surface area contributed by atoms with Crippen molar-refractivity contribution < 1.29 is 27.5 Å². The van der Waals surface area contributed by atoms with Crippen LogP contribution < -0.4 is 5.32 Å². The topological polar surface area (TPSA) is 104 Å². The lowest BCUT2D eigenvalue weighted by Gasteiger charge is -2.22. The highest BCUT2D eigenvalue weighted by Crippen LogP contribution is 2.48. The summed E-state index contributed by atoms with van der Waals surface area (Å²) >= 11 is 0. The third-order valence-electron chi connectivity index (χ3n) is 6.00. The molecule has 1 aliphatic carbocycles. The van der Waals surface area contributed by atoms with Gasteiger partial charge in [0.25, 0.3) is 11.8 Å². The molecule has 9 nitrogen and oxygen atoms in total. The predicted octanol–water partition coefficient (Wildman–Crippen LogP) is 3.05. The molecule has 1 saturated heterocycles. The minimum Gasteiger partial charge on any atom is -0.455 e. The van der Waals surface area contributed by atoms with Gasteiger partial charge in [0.05, 0.1) is 61.6 Å². The number of fused-ring (bicyclic) bond motifs is 3. The van der Waals surface area contributed by atoms with Crippen molar-refractivity contribution in [3.8, 4) is 11.3 Å². The summed E-state index contributed by atoms with van der Waals surface area (Å²) in [6, 6.07) is 0. The minimum atomic E-state index is -3.32. The van der Waals surface area contributed by atoms with E-state index < -0.39 is 23.2 Å². The number of hydrogen-bond acceptors (Lipinski definition) is 7. The number of alkyl halides is 2. The van der Waals surface area contributed by atoms with Crippen molar-refractivity contribution in [2.24, 2.45) is 0 Å². The summed E-state index contributed by atoms with van der Waals surface area (Å²) in [6.45, 7) is 4.73. The highest BCUT2D eigenvalue weighted by Gasteiger charge is 2.43. The van der Waals surface area contributed by atoms with Gasteiger partial charge >= 0.3 is 0 Å². The van der Waals surface area contributed by atoms with Crippen LogP contribution in [0.1, 0.15) is 52.9 Å². The van der Waals surface area contributed by atoms with E-state index in [1.807, 2.05) is 13.1 Å². The summed E-state index contributed by atoms with van der Waals surface area (Å²) in [6.07, 6.45) is 6.57. The van der Waals surface area contributed by atoms with E-state index in [2.05, 4.69) is 20.4 Å². The molecule has 1 N–H and O–H groups in total. The van der Waals surface area contributed by atoms with Gasteiger partial charge in [0.2, 0.25) is 5.76 Å². The van der Waals surface area contributed by atoms with Crippen LogP contribution in [0, 0.1) is 0 Å². The molecule has 34 heavy (non-hydrogen) atoms. The van der Waals surface area contributed by atoms with E-state index in [1.54, 1.807) is 4.68 Å². The van der Waals surface area contributed by atoms with Gasteiger partial charge < -0.3 is 19.2 Å². The molecule has 4 heterocycles. The van der Waals surface area contributed by atoms with Crippen molar-refractivity contribution in [1.29, 1.82) is 0 Å². The molecule has 2 atom stereocenters. The zero-order chi connectivity index (χ0) is 23.9. The number of aromatic nitrogens is 4. The third kappa shape index (κ3) is 4.32. The summed E-state index contributed by atoms with van der Waals surface area (Å²) in [7, 11) is 0. The Hall–Kier alpha value is -3.18. The third-order valence-corrected chi connectivity index (χ3v) is 6.00. The van der Waals surface area contributed by atoms with Gasteiger partial charge in [-0.2, -0.15) is 5.10 Å². The first-order chi connectivity index (χ1) is 16.3. The number of nitrogens with zero attached hydrogens (tertiary/aromatic N) is 4. The predicted molar refractivity (Wildman–Crippen MR) is 115 cm³/mol. The summed E-state index contributed by atoms with van der Waals surface area (Å²) in [5.41, 5.74) is 1.50. The van der Waals surface area contributed by atoms with Gasteiger partial charge in [0, 0.05) is 37.5 Å². The summed E-state index contributed by atoms with van der Waals surface area (Å²) in [5, 5.41) is 7.22. The molecule has 3 aromatic rings. The van der Waals surface area contributed by atoms with Gasteiger partial charge in [-0.25, -0.2) is 8.78 Å². The summed E-state index contributed by atoms with van der Waals surface area (Å²) in [4.78, 5) is 20.9. The molecular formula is C23H25F2N5O4. The number of halogens is 2. The Kier molecular flexibility index (Phi) is 5.90. The number of amides is 1. The number of hydrogen-bond donors (Lipinski definition) is 1. The lowest BCUT2D eigenvalue weighted by Crippen LogP contribution is -2.32.